The van der Waals surface area contributed by atoms with Crippen LogP contribution in [0.3, 0.4) is 0 Å². The zero-order chi connectivity index (χ0) is 8.08. The quantitative estimate of drug-likeness (QED) is 0.299. The molecule has 0 heterocycles. The first-order chi connectivity index (χ1) is 3.73. The Bertz CT molecular complexity index is 127. The molecule has 0 aliphatic rings. The van der Waals surface area contributed by atoms with E-state index < -0.39 is 14.0 Å². The van der Waals surface area contributed by atoms with Gasteiger partial charge in [0.1, 0.15) is 0 Å². The van der Waals surface area contributed by atoms with Gasteiger partial charge in [0.2, 0.25) is 0 Å². The molecule has 0 N–H and O–H groups in total. The van der Waals surface area contributed by atoms with Gasteiger partial charge in [-0.05, 0) is 6.16 Å². The van der Waals surface area contributed by atoms with E-state index >= 15 is 0 Å². The van der Waals surface area contributed by atoms with Crippen molar-refractivity contribution < 1.29 is 141 Å². The summed E-state index contributed by atoms with van der Waals surface area (Å²) in [4.78, 5) is 34.0. The van der Waals surface area contributed by atoms with Gasteiger partial charge in [-0.2, -0.15) is 7.82 Å². The van der Waals surface area contributed by atoms with Crippen LogP contribution in [0.15, 0.2) is 0 Å². The van der Waals surface area contributed by atoms with Gasteiger partial charge in [-0.25, -0.2) is 0 Å². The Hall–Kier alpha value is 2.65. The van der Waals surface area contributed by atoms with Gasteiger partial charge >= 0.3 is 107 Å². The first kappa shape index (κ1) is 23.5. The number of carbonyl (C=O) groups is 1. The maximum absolute atomic E-state index is 8.55. The van der Waals surface area contributed by atoms with E-state index in [2.05, 4.69) is 0 Å². The van der Waals surface area contributed by atoms with Crippen molar-refractivity contribution in [3.63, 3.8) is 0 Å². The third-order valence-corrected chi connectivity index (χ3v) is 0. The summed E-state index contributed by atoms with van der Waals surface area (Å²) in [5.41, 5.74) is 0. The fourth-order valence-corrected chi connectivity index (χ4v) is 0. The molecule has 56 valence electrons. The molecule has 0 saturated heterocycles. The Morgan fingerprint density at radius 2 is 1.09 bits per heavy atom. The summed E-state index contributed by atoms with van der Waals surface area (Å²) in [6, 6.07) is 0. The average Bonchev–Trinajstić information content (AvgIpc) is 1.19. The van der Waals surface area contributed by atoms with Gasteiger partial charge in [-0.1, -0.05) is 0 Å². The molecule has 0 saturated carbocycles. The van der Waals surface area contributed by atoms with E-state index in [1.54, 1.807) is 0 Å². The molecule has 0 aliphatic heterocycles. The van der Waals surface area contributed by atoms with Crippen molar-refractivity contribution in [3.8, 4) is 0 Å². The second kappa shape index (κ2) is 12.7. The molecule has 0 aromatic rings. The Balaban J connectivity index is -0.0000000104. The second-order valence-corrected chi connectivity index (χ2v) is 1.59. The molecule has 0 fully saturated rings. The van der Waals surface area contributed by atoms with Gasteiger partial charge in [0.25, 0.3) is 0 Å². The predicted octanol–water partition coefficient (Wildman–Crippen LogP) is -10.9. The van der Waals surface area contributed by atoms with Crippen LogP contribution in [-0.4, -0.2) is 6.16 Å². The first-order valence-electron chi connectivity index (χ1n) is 1.34. The molecular weight excluding hydrogens is 233 g/mol. The maximum Gasteiger partial charge on any atom is 1.00 e. The SMILES string of the molecule is O=C([O-])[O-].O=P([O-])([O-])[O-].[H+].[H+].[H+].[K+].[K+]. The molecule has 7 nitrogen and oxygen atoms in total. The molecule has 0 amide bonds. The fraction of sp³-hybridized carbons (Fsp3) is 0. The van der Waals surface area contributed by atoms with Gasteiger partial charge < -0.3 is 34.3 Å². The molecule has 0 radical (unpaired) electrons. The summed E-state index contributed by atoms with van der Waals surface area (Å²) in [7, 11) is -5.39. The number of rotatable bonds is 0. The van der Waals surface area contributed by atoms with E-state index in [9.17, 15) is 0 Å². The van der Waals surface area contributed by atoms with Crippen molar-refractivity contribution in [1.82, 2.24) is 0 Å². The van der Waals surface area contributed by atoms with Gasteiger partial charge in [0.05, 0.1) is 0 Å². The average molecular weight is 236 g/mol. The van der Waals surface area contributed by atoms with Crippen LogP contribution in [0, 0.1) is 0 Å². The van der Waals surface area contributed by atoms with E-state index in [1.165, 1.54) is 0 Å². The van der Waals surface area contributed by atoms with E-state index in [4.69, 9.17) is 34.3 Å². The largest absolute Gasteiger partial charge is 1.00 e. The number of phosphoric acid groups is 1. The van der Waals surface area contributed by atoms with Crippen LogP contribution in [0.25, 0.3) is 0 Å². The van der Waals surface area contributed by atoms with Crippen LogP contribution in [0.4, 0.5) is 4.79 Å². The number of hydrogen-bond acceptors (Lipinski definition) is 7. The van der Waals surface area contributed by atoms with E-state index in [0.29, 0.717) is 0 Å². The van der Waals surface area contributed by atoms with Crippen LogP contribution in [0.1, 0.15) is 4.28 Å². The van der Waals surface area contributed by atoms with Gasteiger partial charge in [0.15, 0.2) is 0 Å². The van der Waals surface area contributed by atoms with Crippen molar-refractivity contribution in [2.75, 3.05) is 0 Å². The molecule has 0 rings (SSSR count). The summed E-state index contributed by atoms with van der Waals surface area (Å²) in [5, 5.41) is 16.7. The standard InChI is InChI=1S/CH2O3.2K.H3O4P/c2-1(3)4;;;1-5(2,3)4/h(H2,2,3,4);;;(H3,1,2,3,4)/q;2*+1;/p-2. The minimum Gasteiger partial charge on any atom is -0.822 e. The molecule has 0 aromatic heterocycles. The Kier molecular flexibility index (Phi) is 27.0. The summed E-state index contributed by atoms with van der Waals surface area (Å²) in [6.45, 7) is 0. The molecule has 0 bridgehead atoms. The minimum absolute atomic E-state index is 0. The number of hydrogen-bond donors (Lipinski definition) is 0. The summed E-state index contributed by atoms with van der Waals surface area (Å²) in [6.07, 6.45) is -2.33. The molecule has 10 heteroatoms. The van der Waals surface area contributed by atoms with Crippen molar-refractivity contribution >= 4 is 14.0 Å². The summed E-state index contributed by atoms with van der Waals surface area (Å²) >= 11 is 0. The van der Waals surface area contributed by atoms with Crippen molar-refractivity contribution in [1.29, 1.82) is 0 Å². The van der Waals surface area contributed by atoms with Gasteiger partial charge in [-0.15, -0.1) is 0 Å². The zero-order valence-electron chi connectivity index (χ0n) is 8.80. The van der Waals surface area contributed by atoms with E-state index in [1.807, 2.05) is 0 Å². The van der Waals surface area contributed by atoms with Crippen LogP contribution in [0.5, 0.6) is 0 Å². The smallest absolute Gasteiger partial charge is 0.822 e. The second-order valence-electron chi connectivity index (χ2n) is 0.697. The van der Waals surface area contributed by atoms with Gasteiger partial charge in [0, 0.05) is 0 Å². The summed E-state index contributed by atoms with van der Waals surface area (Å²) in [5.74, 6) is 0. The third-order valence-electron chi connectivity index (χ3n) is 0. The molecule has 0 aromatic carbocycles. The monoisotopic (exact) mass is 236 g/mol. The van der Waals surface area contributed by atoms with Crippen LogP contribution in [-0.2, 0) is 4.57 Å². The van der Waals surface area contributed by atoms with E-state index in [0.717, 1.165) is 0 Å². The zero-order valence-corrected chi connectivity index (χ0v) is 12.9. The molecule has 0 unspecified atom stereocenters. The maximum atomic E-state index is 8.55. The van der Waals surface area contributed by atoms with Crippen LogP contribution < -0.4 is 128 Å². The normalized spacial score (nSPS) is 7.55. The van der Waals surface area contributed by atoms with Crippen molar-refractivity contribution in [2.24, 2.45) is 0 Å². The van der Waals surface area contributed by atoms with Crippen molar-refractivity contribution in [3.05, 3.63) is 0 Å². The Morgan fingerprint density at radius 1 is 1.09 bits per heavy atom. The van der Waals surface area contributed by atoms with Crippen LogP contribution in [0.2, 0.25) is 0 Å². The van der Waals surface area contributed by atoms with Crippen molar-refractivity contribution in [2.45, 2.75) is 0 Å². The summed E-state index contributed by atoms with van der Waals surface area (Å²) < 4.78 is 8.55. The molecular formula is CH3K2O7P. The molecule has 0 atom stereocenters. The first-order valence-corrected chi connectivity index (χ1v) is 2.80. The predicted molar refractivity (Wildman–Crippen MR) is 16.3 cm³/mol. The van der Waals surface area contributed by atoms with Crippen LogP contribution >= 0.6 is 7.82 Å². The Labute approximate surface area is 152 Å². The van der Waals surface area contributed by atoms with E-state index in [-0.39, 0.29) is 107 Å². The molecule has 0 spiro atoms. The molecule has 0 aliphatic carbocycles. The number of carboxylic acid groups (broad SMARTS) is 2. The number of carbonyl (C=O) groups excluding carboxylic acids is 1. The third kappa shape index (κ3) is 204. The fourth-order valence-electron chi connectivity index (χ4n) is 0. The van der Waals surface area contributed by atoms with Gasteiger partial charge in [-0.3, -0.25) is 0 Å². The topological polar surface area (TPSA) is 149 Å². The molecule has 11 heavy (non-hydrogen) atoms. The minimum atomic E-state index is -5.39. The Morgan fingerprint density at radius 3 is 1.09 bits per heavy atom.